The van der Waals surface area contributed by atoms with Gasteiger partial charge in [0.1, 0.15) is 18.7 Å². The SMILES string of the molecule is CC(O)CO.C[N+](C)(C)CCO.N=C(N)NCCCC(N)C(=O)O.NCC(=O)O.OCC(O)CO. The molecular formula is C19H49N6O10+. The number of aliphatic carboxylic acids is 2. The van der Waals surface area contributed by atoms with Gasteiger partial charge in [-0.3, -0.25) is 15.0 Å². The third-order valence-corrected chi connectivity index (χ3v) is 2.96. The summed E-state index contributed by atoms with van der Waals surface area (Å²) in [5.41, 5.74) is 14.8. The van der Waals surface area contributed by atoms with Crippen LogP contribution >= 0.6 is 0 Å². The molecule has 2 unspecified atom stereocenters. The average Bonchev–Trinajstić information content (AvgIpc) is 2.76. The van der Waals surface area contributed by atoms with Crippen molar-refractivity contribution in [1.82, 2.24) is 5.32 Å². The van der Waals surface area contributed by atoms with Gasteiger partial charge in [-0.05, 0) is 19.8 Å². The monoisotopic (exact) mass is 521 g/mol. The summed E-state index contributed by atoms with van der Waals surface area (Å²) in [6.45, 7) is 1.98. The van der Waals surface area contributed by atoms with E-state index in [1.165, 1.54) is 6.92 Å². The highest BCUT2D eigenvalue weighted by Crippen LogP contribution is 1.92. The Hall–Kier alpha value is -2.15. The molecule has 16 nitrogen and oxygen atoms in total. The van der Waals surface area contributed by atoms with Crippen LogP contribution in [0.3, 0.4) is 0 Å². The van der Waals surface area contributed by atoms with Crippen LogP contribution in [-0.4, -0.2) is 149 Å². The van der Waals surface area contributed by atoms with E-state index in [1.807, 2.05) is 0 Å². The van der Waals surface area contributed by atoms with E-state index in [4.69, 9.17) is 57.7 Å². The zero-order valence-corrected chi connectivity index (χ0v) is 21.2. The number of quaternary nitrogens is 1. The topological polar surface area (TPSA) is 310 Å². The number of guanidine groups is 1. The molecule has 0 fully saturated rings. The molecule has 0 spiro atoms. The lowest BCUT2D eigenvalue weighted by molar-refractivity contribution is -0.870. The summed E-state index contributed by atoms with van der Waals surface area (Å²) >= 11 is 0. The lowest BCUT2D eigenvalue weighted by Crippen LogP contribution is -2.36. The Morgan fingerprint density at radius 3 is 1.54 bits per heavy atom. The molecule has 0 amide bonds. The Morgan fingerprint density at radius 1 is 1.00 bits per heavy atom. The smallest absolute Gasteiger partial charge is 0.320 e. The molecule has 0 aliphatic carbocycles. The van der Waals surface area contributed by atoms with Gasteiger partial charge in [0.05, 0.1) is 60.2 Å². The number of likely N-dealkylation sites (N-methyl/N-ethyl adjacent to an activating group) is 1. The highest BCUT2D eigenvalue weighted by Gasteiger charge is 2.09. The molecule has 0 aromatic carbocycles. The Balaban J connectivity index is -0.000000113. The van der Waals surface area contributed by atoms with E-state index in [0.29, 0.717) is 19.4 Å². The number of carboxylic acid groups (broad SMARTS) is 2. The molecule has 0 aromatic rings. The van der Waals surface area contributed by atoms with Crippen LogP contribution in [0.2, 0.25) is 0 Å². The van der Waals surface area contributed by atoms with Crippen molar-refractivity contribution in [1.29, 1.82) is 5.41 Å². The van der Waals surface area contributed by atoms with Gasteiger partial charge in [-0.15, -0.1) is 0 Å². The Kier molecular flexibility index (Phi) is 36.7. The van der Waals surface area contributed by atoms with E-state index >= 15 is 0 Å². The lowest BCUT2D eigenvalue weighted by atomic mass is 10.2. The Bertz CT molecular complexity index is 489. The van der Waals surface area contributed by atoms with Gasteiger partial charge in [0, 0.05) is 6.54 Å². The van der Waals surface area contributed by atoms with Crippen LogP contribution in [-0.2, 0) is 9.59 Å². The standard InChI is InChI=1S/C6H14N4O2.C5H14NO.C3H8O3.C3H8O2.C2H5NO2/c7-4(5(11)12)2-1-3-10-6(8)9;1-6(2,3)4-5-7;4-1-3(6)2-5;1-3(5)2-4;3-1-2(4)5/h4H,1-3,7H2,(H,11,12)(H4,8,9,10);7H,4-5H2,1-3H3;3-6H,1-2H2;3-5H,2H2,1H3;1,3H2,(H,4,5)/q;+1;;;. The van der Waals surface area contributed by atoms with Gasteiger partial charge in [-0.25, -0.2) is 0 Å². The van der Waals surface area contributed by atoms with Crippen LogP contribution in [0.4, 0.5) is 0 Å². The van der Waals surface area contributed by atoms with E-state index in [2.05, 4.69) is 32.2 Å². The molecule has 0 aromatic heterocycles. The summed E-state index contributed by atoms with van der Waals surface area (Å²) in [5, 5.41) is 73.7. The fourth-order valence-corrected chi connectivity index (χ4v) is 1.03. The van der Waals surface area contributed by atoms with Gasteiger partial charge in [0.25, 0.3) is 0 Å². The molecule has 0 saturated carbocycles. The quantitative estimate of drug-likeness (QED) is 0.0524. The summed E-state index contributed by atoms with van der Waals surface area (Å²) < 4.78 is 0.844. The van der Waals surface area contributed by atoms with E-state index in [9.17, 15) is 9.59 Å². The van der Waals surface area contributed by atoms with Crippen molar-refractivity contribution in [2.75, 3.05) is 67.2 Å². The fraction of sp³-hybridized carbons (Fsp3) is 0.842. The molecule has 16 heteroatoms. The van der Waals surface area contributed by atoms with Gasteiger partial charge >= 0.3 is 11.9 Å². The molecular weight excluding hydrogens is 472 g/mol. The number of aliphatic hydroxyl groups excluding tert-OH is 6. The van der Waals surface area contributed by atoms with Crippen molar-refractivity contribution in [3.63, 3.8) is 0 Å². The highest BCUT2D eigenvalue weighted by atomic mass is 16.4. The van der Waals surface area contributed by atoms with E-state index in [1.54, 1.807) is 0 Å². The second kappa shape index (κ2) is 29.9. The zero-order chi connectivity index (χ0) is 29.0. The van der Waals surface area contributed by atoms with Crippen LogP contribution in [0.5, 0.6) is 0 Å². The maximum Gasteiger partial charge on any atom is 0.320 e. The van der Waals surface area contributed by atoms with Crippen molar-refractivity contribution >= 4 is 17.9 Å². The van der Waals surface area contributed by atoms with Gasteiger partial charge in [-0.1, -0.05) is 0 Å². The molecule has 0 rings (SSSR count). The molecule has 214 valence electrons. The van der Waals surface area contributed by atoms with Crippen LogP contribution in [0.25, 0.3) is 0 Å². The molecule has 0 bridgehead atoms. The van der Waals surface area contributed by atoms with Crippen molar-refractivity contribution in [2.45, 2.75) is 38.0 Å². The predicted molar refractivity (Wildman–Crippen MR) is 130 cm³/mol. The van der Waals surface area contributed by atoms with E-state index in [-0.39, 0.29) is 38.9 Å². The second-order valence-electron chi connectivity index (χ2n) is 7.81. The summed E-state index contributed by atoms with van der Waals surface area (Å²) in [5.74, 6) is -2.08. The first-order valence-electron chi connectivity index (χ1n) is 10.5. The number of rotatable bonds is 11. The van der Waals surface area contributed by atoms with Gasteiger partial charge in [0.15, 0.2) is 5.96 Å². The molecule has 0 aliphatic heterocycles. The minimum atomic E-state index is -1.00. The molecule has 0 aliphatic rings. The van der Waals surface area contributed by atoms with Gasteiger partial charge < -0.3 is 67.9 Å². The lowest BCUT2D eigenvalue weighted by Gasteiger charge is -2.21. The molecule has 35 heavy (non-hydrogen) atoms. The minimum Gasteiger partial charge on any atom is -0.480 e. The number of carbonyl (C=O) groups is 2. The van der Waals surface area contributed by atoms with Crippen molar-refractivity contribution in [2.24, 2.45) is 17.2 Å². The largest absolute Gasteiger partial charge is 0.480 e. The van der Waals surface area contributed by atoms with E-state index in [0.717, 1.165) is 11.0 Å². The summed E-state index contributed by atoms with van der Waals surface area (Å²) in [6, 6.07) is -0.821. The first-order valence-corrected chi connectivity index (χ1v) is 10.5. The fourth-order valence-electron chi connectivity index (χ4n) is 1.03. The first kappa shape index (κ1) is 43.0. The third-order valence-electron chi connectivity index (χ3n) is 2.96. The van der Waals surface area contributed by atoms with Crippen LogP contribution in [0.1, 0.15) is 19.8 Å². The van der Waals surface area contributed by atoms with Crippen LogP contribution < -0.4 is 22.5 Å². The number of hydrogen-bond acceptors (Lipinski definition) is 11. The summed E-state index contributed by atoms with van der Waals surface area (Å²) in [4.78, 5) is 19.5. The number of carboxylic acids is 2. The second-order valence-corrected chi connectivity index (χ2v) is 7.81. The van der Waals surface area contributed by atoms with Crippen molar-refractivity contribution in [3.8, 4) is 0 Å². The average molecular weight is 522 g/mol. The Labute approximate surface area is 206 Å². The molecule has 0 heterocycles. The number of nitrogens with two attached hydrogens (primary N) is 3. The summed E-state index contributed by atoms with van der Waals surface area (Å²) in [7, 11) is 6.16. The van der Waals surface area contributed by atoms with Crippen LogP contribution in [0.15, 0.2) is 0 Å². The van der Waals surface area contributed by atoms with Crippen molar-refractivity contribution < 1.29 is 54.9 Å². The number of nitrogens with zero attached hydrogens (tertiary/aromatic N) is 1. The van der Waals surface area contributed by atoms with Crippen molar-refractivity contribution in [3.05, 3.63) is 0 Å². The Morgan fingerprint density at radius 2 is 1.40 bits per heavy atom. The predicted octanol–water partition coefficient (Wildman–Crippen LogP) is -4.93. The maximum atomic E-state index is 10.2. The van der Waals surface area contributed by atoms with Gasteiger partial charge in [0.2, 0.25) is 0 Å². The molecule has 0 saturated heterocycles. The minimum absolute atomic E-state index is 0.112. The zero-order valence-electron chi connectivity index (χ0n) is 21.2. The molecule has 2 atom stereocenters. The number of nitrogens with one attached hydrogen (secondary N) is 2. The molecule has 16 N–H and O–H groups in total. The van der Waals surface area contributed by atoms with Crippen LogP contribution in [0, 0.1) is 5.41 Å². The number of aliphatic hydroxyl groups is 6. The van der Waals surface area contributed by atoms with Gasteiger partial charge in [-0.2, -0.15) is 0 Å². The summed E-state index contributed by atoms with van der Waals surface area (Å²) in [6.07, 6.45) is -0.539. The first-order chi connectivity index (χ1) is 15.9. The normalized spacial score (nSPS) is 11.5. The number of hydrogen-bond donors (Lipinski definition) is 13. The third kappa shape index (κ3) is 65.3. The maximum absolute atomic E-state index is 10.2. The molecule has 0 radical (unpaired) electrons. The highest BCUT2D eigenvalue weighted by molar-refractivity contribution is 5.74. The van der Waals surface area contributed by atoms with E-state index < -0.39 is 30.2 Å².